The molecule has 2 nitrogen and oxygen atoms in total. The molecular formula is C15H16FIN2. The largest absolute Gasteiger partial charge is 0.306 e. The van der Waals surface area contributed by atoms with Gasteiger partial charge in [-0.25, -0.2) is 4.39 Å². The highest BCUT2D eigenvalue weighted by Crippen LogP contribution is 2.26. The first-order valence-corrected chi connectivity index (χ1v) is 7.29. The quantitative estimate of drug-likeness (QED) is 0.828. The minimum atomic E-state index is -0.203. The van der Waals surface area contributed by atoms with Crippen LogP contribution in [0.4, 0.5) is 4.39 Å². The van der Waals surface area contributed by atoms with Crippen molar-refractivity contribution in [2.24, 2.45) is 0 Å². The van der Waals surface area contributed by atoms with Gasteiger partial charge in [0.2, 0.25) is 0 Å². The Bertz CT molecular complexity index is 572. The highest BCUT2D eigenvalue weighted by atomic mass is 127. The molecule has 2 aromatic rings. The Morgan fingerprint density at radius 1 is 1.32 bits per heavy atom. The molecule has 0 fully saturated rings. The summed E-state index contributed by atoms with van der Waals surface area (Å²) in [7, 11) is 0. The number of pyridine rings is 1. The summed E-state index contributed by atoms with van der Waals surface area (Å²) in [5, 5.41) is 3.44. The molecule has 2 rings (SSSR count). The van der Waals surface area contributed by atoms with E-state index in [9.17, 15) is 4.39 Å². The molecular weight excluding hydrogens is 354 g/mol. The summed E-state index contributed by atoms with van der Waals surface area (Å²) in [6.45, 7) is 4.92. The highest BCUT2D eigenvalue weighted by molar-refractivity contribution is 14.1. The Kier molecular flexibility index (Phi) is 4.87. The van der Waals surface area contributed by atoms with E-state index in [0.717, 1.165) is 26.8 Å². The van der Waals surface area contributed by atoms with Crippen LogP contribution in [0.5, 0.6) is 0 Å². The summed E-state index contributed by atoms with van der Waals surface area (Å²) in [6.07, 6.45) is 3.70. The topological polar surface area (TPSA) is 24.9 Å². The molecule has 0 amide bonds. The molecule has 0 spiro atoms. The number of rotatable bonds is 4. The number of benzene rings is 1. The molecule has 1 N–H and O–H groups in total. The summed E-state index contributed by atoms with van der Waals surface area (Å²) in [5.41, 5.74) is 3.31. The van der Waals surface area contributed by atoms with E-state index in [1.807, 2.05) is 25.4 Å². The summed E-state index contributed by atoms with van der Waals surface area (Å²) < 4.78 is 14.1. The van der Waals surface area contributed by atoms with E-state index in [4.69, 9.17) is 0 Å². The van der Waals surface area contributed by atoms with Gasteiger partial charge in [0.1, 0.15) is 5.82 Å². The van der Waals surface area contributed by atoms with Gasteiger partial charge in [0.15, 0.2) is 0 Å². The van der Waals surface area contributed by atoms with E-state index in [1.54, 1.807) is 6.07 Å². The standard InChI is InChI=1S/C15H16FIN2/c1-3-19-15(11-6-10(2)8-18-9-11)13-5-4-12(16)7-14(13)17/h4-9,15,19H,3H2,1-2H3. The fourth-order valence-corrected chi connectivity index (χ4v) is 2.87. The van der Waals surface area contributed by atoms with Crippen LogP contribution < -0.4 is 5.32 Å². The average molecular weight is 370 g/mol. The zero-order chi connectivity index (χ0) is 13.8. The lowest BCUT2D eigenvalue weighted by Crippen LogP contribution is -2.23. The summed E-state index contributed by atoms with van der Waals surface area (Å²) in [4.78, 5) is 4.24. The molecule has 1 aromatic carbocycles. The van der Waals surface area contributed by atoms with Crippen molar-refractivity contribution >= 4 is 22.6 Å². The predicted octanol–water partition coefficient (Wildman–Crippen LogP) is 3.83. The van der Waals surface area contributed by atoms with Crippen molar-refractivity contribution in [2.45, 2.75) is 19.9 Å². The van der Waals surface area contributed by atoms with E-state index in [0.29, 0.717) is 0 Å². The maximum absolute atomic E-state index is 13.2. The van der Waals surface area contributed by atoms with Gasteiger partial charge in [0.05, 0.1) is 6.04 Å². The van der Waals surface area contributed by atoms with Gasteiger partial charge in [-0.3, -0.25) is 4.98 Å². The molecule has 1 unspecified atom stereocenters. The molecule has 19 heavy (non-hydrogen) atoms. The van der Waals surface area contributed by atoms with E-state index >= 15 is 0 Å². The van der Waals surface area contributed by atoms with Gasteiger partial charge in [0, 0.05) is 16.0 Å². The molecule has 0 aliphatic heterocycles. The zero-order valence-corrected chi connectivity index (χ0v) is 13.1. The fourth-order valence-electron chi connectivity index (χ4n) is 2.08. The summed E-state index contributed by atoms with van der Waals surface area (Å²) in [5.74, 6) is -0.203. The van der Waals surface area contributed by atoms with Crippen molar-refractivity contribution in [3.05, 3.63) is 62.7 Å². The van der Waals surface area contributed by atoms with Crippen molar-refractivity contribution in [2.75, 3.05) is 6.54 Å². The van der Waals surface area contributed by atoms with Crippen LogP contribution in [0.1, 0.15) is 29.7 Å². The molecule has 4 heteroatoms. The van der Waals surface area contributed by atoms with E-state index in [2.05, 4.69) is 45.9 Å². The van der Waals surface area contributed by atoms with Crippen LogP contribution in [0.2, 0.25) is 0 Å². The van der Waals surface area contributed by atoms with Crippen LogP contribution in [0, 0.1) is 16.3 Å². The lowest BCUT2D eigenvalue weighted by molar-refractivity contribution is 0.609. The van der Waals surface area contributed by atoms with Crippen LogP contribution in [0.3, 0.4) is 0 Å². The second-order valence-electron chi connectivity index (χ2n) is 4.45. The Labute approximate surface area is 126 Å². The van der Waals surface area contributed by atoms with Gasteiger partial charge in [-0.1, -0.05) is 19.1 Å². The number of nitrogens with one attached hydrogen (secondary N) is 1. The van der Waals surface area contributed by atoms with Crippen molar-refractivity contribution in [3.8, 4) is 0 Å². The molecule has 1 aromatic heterocycles. The normalized spacial score (nSPS) is 12.4. The molecule has 0 bridgehead atoms. The van der Waals surface area contributed by atoms with Gasteiger partial charge >= 0.3 is 0 Å². The zero-order valence-electron chi connectivity index (χ0n) is 11.0. The van der Waals surface area contributed by atoms with E-state index < -0.39 is 0 Å². The van der Waals surface area contributed by atoms with Gasteiger partial charge in [-0.05, 0) is 64.9 Å². The fraction of sp³-hybridized carbons (Fsp3) is 0.267. The first kappa shape index (κ1) is 14.4. The van der Waals surface area contributed by atoms with Crippen LogP contribution in [0.25, 0.3) is 0 Å². The minimum Gasteiger partial charge on any atom is -0.306 e. The Morgan fingerprint density at radius 2 is 2.11 bits per heavy atom. The summed E-state index contributed by atoms with van der Waals surface area (Å²) >= 11 is 2.18. The van der Waals surface area contributed by atoms with Crippen LogP contribution in [0.15, 0.2) is 36.7 Å². The van der Waals surface area contributed by atoms with Crippen LogP contribution in [-0.2, 0) is 0 Å². The highest BCUT2D eigenvalue weighted by Gasteiger charge is 2.16. The van der Waals surface area contributed by atoms with Crippen molar-refractivity contribution in [1.29, 1.82) is 0 Å². The molecule has 1 atom stereocenters. The third-order valence-corrected chi connectivity index (χ3v) is 3.85. The van der Waals surface area contributed by atoms with Crippen molar-refractivity contribution < 1.29 is 4.39 Å². The molecule has 0 saturated heterocycles. The van der Waals surface area contributed by atoms with Gasteiger partial charge < -0.3 is 5.32 Å². The van der Waals surface area contributed by atoms with E-state index in [-0.39, 0.29) is 11.9 Å². The minimum absolute atomic E-state index is 0.0462. The SMILES string of the molecule is CCNC(c1cncc(C)c1)c1ccc(F)cc1I. The van der Waals surface area contributed by atoms with Gasteiger partial charge in [-0.2, -0.15) is 0 Å². The monoisotopic (exact) mass is 370 g/mol. The number of aromatic nitrogens is 1. The third-order valence-electron chi connectivity index (χ3n) is 2.91. The average Bonchev–Trinajstić information content (AvgIpc) is 2.37. The van der Waals surface area contributed by atoms with Gasteiger partial charge in [0.25, 0.3) is 0 Å². The third kappa shape index (κ3) is 3.51. The second-order valence-corrected chi connectivity index (χ2v) is 5.61. The maximum Gasteiger partial charge on any atom is 0.124 e. The first-order valence-electron chi connectivity index (χ1n) is 6.21. The molecule has 0 radical (unpaired) electrons. The molecule has 0 saturated carbocycles. The Morgan fingerprint density at radius 3 is 2.74 bits per heavy atom. The second kappa shape index (κ2) is 6.43. The molecule has 0 aliphatic rings. The smallest absolute Gasteiger partial charge is 0.124 e. The molecule has 1 heterocycles. The number of nitrogens with zero attached hydrogens (tertiary/aromatic N) is 1. The lowest BCUT2D eigenvalue weighted by Gasteiger charge is -2.20. The molecule has 0 aliphatic carbocycles. The van der Waals surface area contributed by atoms with Crippen molar-refractivity contribution in [3.63, 3.8) is 0 Å². The number of aryl methyl sites for hydroxylation is 1. The molecule has 100 valence electrons. The van der Waals surface area contributed by atoms with Crippen LogP contribution >= 0.6 is 22.6 Å². The van der Waals surface area contributed by atoms with E-state index in [1.165, 1.54) is 6.07 Å². The first-order chi connectivity index (χ1) is 9.11. The number of halogens is 2. The number of hydrogen-bond acceptors (Lipinski definition) is 2. The number of hydrogen-bond donors (Lipinski definition) is 1. The Balaban J connectivity index is 2.45. The van der Waals surface area contributed by atoms with Crippen LogP contribution in [-0.4, -0.2) is 11.5 Å². The lowest BCUT2D eigenvalue weighted by atomic mass is 9.99. The van der Waals surface area contributed by atoms with Crippen molar-refractivity contribution in [1.82, 2.24) is 10.3 Å². The summed E-state index contributed by atoms with van der Waals surface area (Å²) in [6, 6.07) is 7.06. The predicted molar refractivity (Wildman–Crippen MR) is 83.6 cm³/mol. The maximum atomic E-state index is 13.2. The van der Waals surface area contributed by atoms with Gasteiger partial charge in [-0.15, -0.1) is 0 Å². The Hall–Kier alpha value is -1.01.